The zero-order valence-corrected chi connectivity index (χ0v) is 13.9. The fourth-order valence-electron chi connectivity index (χ4n) is 1.78. The molecular formula is C12H21N3O4S2. The van der Waals surface area contributed by atoms with Crippen molar-refractivity contribution in [2.24, 2.45) is 0 Å². The van der Waals surface area contributed by atoms with Gasteiger partial charge in [-0.05, 0) is 31.5 Å². The first-order valence-corrected chi connectivity index (χ1v) is 9.74. The zero-order valence-electron chi connectivity index (χ0n) is 12.3. The summed E-state index contributed by atoms with van der Waals surface area (Å²) >= 11 is 0. The maximum atomic E-state index is 12.0. The van der Waals surface area contributed by atoms with Gasteiger partial charge in [-0.2, -0.15) is 0 Å². The molecule has 1 aromatic rings. The number of sulfonamides is 2. The molecular weight excluding hydrogens is 314 g/mol. The van der Waals surface area contributed by atoms with Crippen molar-refractivity contribution >= 4 is 25.7 Å². The first-order valence-electron chi connectivity index (χ1n) is 6.19. The molecule has 21 heavy (non-hydrogen) atoms. The summed E-state index contributed by atoms with van der Waals surface area (Å²) in [6, 6.07) is 6.59. The number of nitrogen functional groups attached to an aromatic ring is 1. The second-order valence-corrected chi connectivity index (χ2v) is 9.14. The van der Waals surface area contributed by atoms with E-state index < -0.39 is 25.6 Å². The van der Waals surface area contributed by atoms with Crippen molar-refractivity contribution in [3.63, 3.8) is 0 Å². The number of benzene rings is 1. The fourth-order valence-corrected chi connectivity index (χ4v) is 4.16. The Labute approximate surface area is 126 Å². The summed E-state index contributed by atoms with van der Waals surface area (Å²) in [5, 5.41) is 0. The Morgan fingerprint density at radius 3 is 2.33 bits per heavy atom. The average molecular weight is 335 g/mol. The standard InChI is InChI=1S/C12H21N3O4S2/c1-12(2,15-20(3,16)17)9-14-21(18,19)8-10-5-4-6-11(13)7-10/h4-7,14-15H,8-9,13H2,1-3H3. The third-order valence-electron chi connectivity index (χ3n) is 2.50. The van der Waals surface area contributed by atoms with Gasteiger partial charge in [0.2, 0.25) is 20.0 Å². The summed E-state index contributed by atoms with van der Waals surface area (Å²) in [5.74, 6) is -0.215. The van der Waals surface area contributed by atoms with E-state index in [-0.39, 0.29) is 12.3 Å². The number of hydrogen-bond donors (Lipinski definition) is 3. The Morgan fingerprint density at radius 1 is 1.19 bits per heavy atom. The van der Waals surface area contributed by atoms with Crippen molar-refractivity contribution in [1.82, 2.24) is 9.44 Å². The minimum atomic E-state index is -3.58. The highest BCUT2D eigenvalue weighted by Gasteiger charge is 2.24. The van der Waals surface area contributed by atoms with Crippen LogP contribution in [0.15, 0.2) is 24.3 Å². The molecule has 0 aliphatic heterocycles. The van der Waals surface area contributed by atoms with Gasteiger partial charge >= 0.3 is 0 Å². The smallest absolute Gasteiger partial charge is 0.215 e. The van der Waals surface area contributed by atoms with Gasteiger partial charge in [-0.25, -0.2) is 26.3 Å². The largest absolute Gasteiger partial charge is 0.399 e. The Bertz CT molecular complexity index is 697. The van der Waals surface area contributed by atoms with E-state index in [2.05, 4.69) is 9.44 Å². The minimum absolute atomic E-state index is 0.0509. The van der Waals surface area contributed by atoms with Crippen LogP contribution in [0, 0.1) is 0 Å². The molecule has 0 saturated heterocycles. The van der Waals surface area contributed by atoms with Gasteiger partial charge in [-0.15, -0.1) is 0 Å². The van der Waals surface area contributed by atoms with Crippen molar-refractivity contribution in [3.8, 4) is 0 Å². The van der Waals surface area contributed by atoms with Crippen LogP contribution in [-0.4, -0.2) is 35.2 Å². The Balaban J connectivity index is 2.69. The van der Waals surface area contributed by atoms with E-state index in [0.717, 1.165) is 6.26 Å². The second-order valence-electron chi connectivity index (χ2n) is 5.58. The molecule has 0 radical (unpaired) electrons. The lowest BCUT2D eigenvalue weighted by molar-refractivity contribution is 0.446. The highest BCUT2D eigenvalue weighted by molar-refractivity contribution is 7.89. The van der Waals surface area contributed by atoms with Gasteiger partial charge in [0.1, 0.15) is 0 Å². The maximum Gasteiger partial charge on any atom is 0.215 e. The quantitative estimate of drug-likeness (QED) is 0.607. The third kappa shape index (κ3) is 7.42. The van der Waals surface area contributed by atoms with E-state index in [9.17, 15) is 16.8 Å². The molecule has 0 spiro atoms. The summed E-state index contributed by atoms with van der Waals surface area (Å²) in [4.78, 5) is 0. The van der Waals surface area contributed by atoms with Crippen LogP contribution in [0.1, 0.15) is 19.4 Å². The Kier molecular flexibility index (Phi) is 5.37. The summed E-state index contributed by atoms with van der Waals surface area (Å²) in [6.45, 7) is 3.14. The number of hydrogen-bond acceptors (Lipinski definition) is 5. The van der Waals surface area contributed by atoms with Crippen molar-refractivity contribution in [2.75, 3.05) is 18.5 Å². The summed E-state index contributed by atoms with van der Waals surface area (Å²) in [6.07, 6.45) is 1.02. The van der Waals surface area contributed by atoms with Crippen molar-refractivity contribution < 1.29 is 16.8 Å². The van der Waals surface area contributed by atoms with Crippen molar-refractivity contribution in [2.45, 2.75) is 25.1 Å². The predicted octanol–water partition coefficient (Wildman–Crippen LogP) is 0.0160. The second kappa shape index (κ2) is 6.30. The molecule has 9 heteroatoms. The van der Waals surface area contributed by atoms with Gasteiger partial charge in [-0.3, -0.25) is 0 Å². The Hall–Kier alpha value is -1.16. The third-order valence-corrected chi connectivity index (χ3v) is 4.72. The molecule has 1 rings (SSSR count). The monoisotopic (exact) mass is 335 g/mol. The molecule has 0 amide bonds. The van der Waals surface area contributed by atoms with Crippen LogP contribution < -0.4 is 15.2 Å². The van der Waals surface area contributed by atoms with Crippen molar-refractivity contribution in [3.05, 3.63) is 29.8 Å². The van der Waals surface area contributed by atoms with Crippen LogP contribution >= 0.6 is 0 Å². The average Bonchev–Trinajstić information content (AvgIpc) is 2.23. The molecule has 120 valence electrons. The molecule has 0 fully saturated rings. The van der Waals surface area contributed by atoms with Gasteiger partial charge in [0.05, 0.1) is 12.0 Å². The van der Waals surface area contributed by atoms with E-state index in [1.165, 1.54) is 0 Å². The molecule has 4 N–H and O–H groups in total. The van der Waals surface area contributed by atoms with Crippen LogP contribution in [0.3, 0.4) is 0 Å². The van der Waals surface area contributed by atoms with Gasteiger partial charge in [0, 0.05) is 17.8 Å². The van der Waals surface area contributed by atoms with Crippen LogP contribution in [0.5, 0.6) is 0 Å². The topological polar surface area (TPSA) is 118 Å². The molecule has 0 aliphatic carbocycles. The number of nitrogens with one attached hydrogen (secondary N) is 2. The predicted molar refractivity (Wildman–Crippen MR) is 83.5 cm³/mol. The molecule has 0 heterocycles. The van der Waals surface area contributed by atoms with Gasteiger partial charge in [0.15, 0.2) is 0 Å². The van der Waals surface area contributed by atoms with E-state index in [0.29, 0.717) is 11.3 Å². The van der Waals surface area contributed by atoms with Crippen LogP contribution in [0.25, 0.3) is 0 Å². The number of rotatable bonds is 7. The highest BCUT2D eigenvalue weighted by Crippen LogP contribution is 2.10. The van der Waals surface area contributed by atoms with E-state index in [1.54, 1.807) is 38.1 Å². The van der Waals surface area contributed by atoms with Crippen molar-refractivity contribution in [1.29, 1.82) is 0 Å². The minimum Gasteiger partial charge on any atom is -0.399 e. The molecule has 0 saturated carbocycles. The summed E-state index contributed by atoms with van der Waals surface area (Å²) < 4.78 is 51.1. The molecule has 0 unspecified atom stereocenters. The highest BCUT2D eigenvalue weighted by atomic mass is 32.2. The summed E-state index contributed by atoms with van der Waals surface area (Å²) in [7, 11) is -7.00. The fraction of sp³-hybridized carbons (Fsp3) is 0.500. The van der Waals surface area contributed by atoms with Gasteiger partial charge < -0.3 is 5.73 Å². The lowest BCUT2D eigenvalue weighted by Crippen LogP contribution is -2.51. The van der Waals surface area contributed by atoms with Crippen LogP contribution in [0.4, 0.5) is 5.69 Å². The summed E-state index contributed by atoms with van der Waals surface area (Å²) in [5.41, 5.74) is 5.73. The van der Waals surface area contributed by atoms with Gasteiger partial charge in [-0.1, -0.05) is 12.1 Å². The van der Waals surface area contributed by atoms with Gasteiger partial charge in [0.25, 0.3) is 0 Å². The molecule has 0 atom stereocenters. The molecule has 0 bridgehead atoms. The Morgan fingerprint density at radius 2 is 1.81 bits per heavy atom. The molecule has 0 aromatic heterocycles. The lowest BCUT2D eigenvalue weighted by atomic mass is 10.1. The lowest BCUT2D eigenvalue weighted by Gasteiger charge is -2.25. The first kappa shape index (κ1) is 17.9. The first-order chi connectivity index (χ1) is 9.39. The zero-order chi connectivity index (χ0) is 16.3. The van der Waals surface area contributed by atoms with E-state index in [4.69, 9.17) is 5.73 Å². The number of nitrogens with two attached hydrogens (primary N) is 1. The molecule has 7 nitrogen and oxygen atoms in total. The molecule has 1 aromatic carbocycles. The number of anilines is 1. The maximum absolute atomic E-state index is 12.0. The SMILES string of the molecule is CC(C)(CNS(=O)(=O)Cc1cccc(N)c1)NS(C)(=O)=O. The van der Waals surface area contributed by atoms with Crippen LogP contribution in [-0.2, 0) is 25.8 Å². The molecule has 0 aliphatic rings. The van der Waals surface area contributed by atoms with E-state index in [1.807, 2.05) is 0 Å². The van der Waals surface area contributed by atoms with Crippen LogP contribution in [0.2, 0.25) is 0 Å². The van der Waals surface area contributed by atoms with E-state index >= 15 is 0 Å². The normalized spacial score (nSPS) is 13.3.